The van der Waals surface area contributed by atoms with Crippen LogP contribution < -0.4 is 25.4 Å². The number of nitrogens with one attached hydrogen (secondary N) is 3. The Hall–Kier alpha value is -2.96. The minimum Gasteiger partial charge on any atom is -0.493 e. The van der Waals surface area contributed by atoms with Gasteiger partial charge in [0.15, 0.2) is 11.5 Å². The van der Waals surface area contributed by atoms with E-state index in [1.54, 1.807) is 32.4 Å². The van der Waals surface area contributed by atoms with Crippen LogP contribution in [0, 0.1) is 0 Å². The van der Waals surface area contributed by atoms with Crippen molar-refractivity contribution in [3.8, 4) is 11.5 Å². The van der Waals surface area contributed by atoms with Crippen LogP contribution in [0.2, 0.25) is 0 Å². The smallest absolute Gasteiger partial charge is 0.315 e. The molecule has 0 saturated heterocycles. The number of hydrogen-bond donors (Lipinski definition) is 3. The van der Waals surface area contributed by atoms with E-state index in [1.165, 1.54) is 6.08 Å². The Morgan fingerprint density at radius 2 is 1.64 bits per heavy atom. The summed E-state index contributed by atoms with van der Waals surface area (Å²) in [7, 11) is 3.15. The molecule has 7 heteroatoms. The quantitative estimate of drug-likeness (QED) is 0.308. The van der Waals surface area contributed by atoms with Gasteiger partial charge < -0.3 is 25.4 Å². The van der Waals surface area contributed by atoms with E-state index in [-0.39, 0.29) is 11.9 Å². The van der Waals surface area contributed by atoms with Crippen LogP contribution in [-0.4, -0.2) is 45.8 Å². The normalized spacial score (nSPS) is 10.3. The number of methoxy groups -OCH3 is 2. The predicted octanol–water partition coefficient (Wildman–Crippen LogP) is 2.88. The number of benzene rings is 1. The number of hydrogen-bond acceptors (Lipinski definition) is 4. The minimum absolute atomic E-state index is 0.165. The third-order valence-electron chi connectivity index (χ3n) is 3.80. The zero-order valence-electron chi connectivity index (χ0n) is 17.1. The van der Waals surface area contributed by atoms with E-state index >= 15 is 0 Å². The third kappa shape index (κ3) is 9.66. The molecule has 0 atom stereocenters. The second-order valence-electron chi connectivity index (χ2n) is 6.36. The fraction of sp³-hybridized carbons (Fsp3) is 0.429. The van der Waals surface area contributed by atoms with Crippen LogP contribution in [0.15, 0.2) is 35.9 Å². The molecule has 0 saturated carbocycles. The van der Waals surface area contributed by atoms with Gasteiger partial charge >= 0.3 is 6.03 Å². The van der Waals surface area contributed by atoms with E-state index in [0.29, 0.717) is 31.1 Å². The molecule has 0 bridgehead atoms. The van der Waals surface area contributed by atoms with Gasteiger partial charge in [0, 0.05) is 25.7 Å². The lowest BCUT2D eigenvalue weighted by Crippen LogP contribution is -2.36. The molecule has 3 N–H and O–H groups in total. The van der Waals surface area contributed by atoms with Gasteiger partial charge in [0.2, 0.25) is 5.91 Å². The van der Waals surface area contributed by atoms with Gasteiger partial charge in [-0.25, -0.2) is 4.79 Å². The number of amides is 3. The summed E-state index contributed by atoms with van der Waals surface area (Å²) < 4.78 is 10.4. The van der Waals surface area contributed by atoms with Crippen LogP contribution in [0.5, 0.6) is 11.5 Å². The zero-order chi connectivity index (χ0) is 20.8. The summed E-state index contributed by atoms with van der Waals surface area (Å²) in [4.78, 5) is 23.4. The molecular formula is C21H31N3O4. The topological polar surface area (TPSA) is 88.7 Å². The van der Waals surface area contributed by atoms with Crippen molar-refractivity contribution in [2.45, 2.75) is 26.7 Å². The molecule has 1 aromatic carbocycles. The Bertz CT molecular complexity index is 695. The van der Waals surface area contributed by atoms with Gasteiger partial charge in [-0.2, -0.15) is 0 Å². The summed E-state index contributed by atoms with van der Waals surface area (Å²) in [5.74, 6) is 1.09. The number of carbonyl (C=O) groups excluding carboxylic acids is 2. The first-order chi connectivity index (χ1) is 13.5. The molecule has 7 nitrogen and oxygen atoms in total. The molecule has 0 radical (unpaired) electrons. The second kappa shape index (κ2) is 13.2. The summed E-state index contributed by atoms with van der Waals surface area (Å²) in [6.45, 7) is 5.61. The van der Waals surface area contributed by atoms with Crippen molar-refractivity contribution >= 4 is 18.0 Å². The molecule has 0 heterocycles. The van der Waals surface area contributed by atoms with Crippen molar-refractivity contribution in [3.63, 3.8) is 0 Å². The van der Waals surface area contributed by atoms with E-state index in [9.17, 15) is 9.59 Å². The first kappa shape index (κ1) is 23.1. The van der Waals surface area contributed by atoms with Gasteiger partial charge in [-0.05, 0) is 50.5 Å². The second-order valence-corrected chi connectivity index (χ2v) is 6.36. The van der Waals surface area contributed by atoms with Crippen LogP contribution >= 0.6 is 0 Å². The summed E-state index contributed by atoms with van der Waals surface area (Å²) in [6, 6.07) is 5.26. The van der Waals surface area contributed by atoms with Crippen molar-refractivity contribution in [2.24, 2.45) is 0 Å². The third-order valence-corrected chi connectivity index (χ3v) is 3.80. The maximum Gasteiger partial charge on any atom is 0.315 e. The maximum atomic E-state index is 11.9. The van der Waals surface area contributed by atoms with Crippen molar-refractivity contribution < 1.29 is 19.1 Å². The van der Waals surface area contributed by atoms with Crippen LogP contribution in [0.1, 0.15) is 32.3 Å². The monoisotopic (exact) mass is 389 g/mol. The van der Waals surface area contributed by atoms with E-state index in [0.717, 1.165) is 24.0 Å². The molecule has 28 heavy (non-hydrogen) atoms. The number of allylic oxidation sites excluding steroid dienone is 1. The fourth-order valence-electron chi connectivity index (χ4n) is 2.26. The molecule has 154 valence electrons. The molecule has 0 aromatic heterocycles. The van der Waals surface area contributed by atoms with E-state index in [2.05, 4.69) is 16.0 Å². The minimum atomic E-state index is -0.181. The Balaban J connectivity index is 2.21. The molecule has 0 aliphatic rings. The van der Waals surface area contributed by atoms with E-state index in [4.69, 9.17) is 9.47 Å². The summed E-state index contributed by atoms with van der Waals surface area (Å²) in [5.41, 5.74) is 2.01. The van der Waals surface area contributed by atoms with Crippen LogP contribution in [-0.2, 0) is 4.79 Å². The SMILES string of the molecule is COc1ccc(/C=C/C(=O)NCCCCNC(=O)NCC=C(C)C)cc1OC. The molecule has 0 aliphatic heterocycles. The highest BCUT2D eigenvalue weighted by molar-refractivity contribution is 5.91. The largest absolute Gasteiger partial charge is 0.493 e. The molecule has 1 aromatic rings. The maximum absolute atomic E-state index is 11.9. The van der Waals surface area contributed by atoms with Crippen molar-refractivity contribution in [1.82, 2.24) is 16.0 Å². The Labute approximate surface area is 167 Å². The first-order valence-corrected chi connectivity index (χ1v) is 9.29. The lowest BCUT2D eigenvalue weighted by Gasteiger charge is -2.07. The summed E-state index contributed by atoms with van der Waals surface area (Å²) >= 11 is 0. The molecular weight excluding hydrogens is 358 g/mol. The number of carbonyl (C=O) groups is 2. The van der Waals surface area contributed by atoms with Crippen LogP contribution in [0.4, 0.5) is 4.79 Å². The molecule has 0 unspecified atom stereocenters. The number of unbranched alkanes of at least 4 members (excludes halogenated alkanes) is 1. The Morgan fingerprint density at radius 3 is 2.29 bits per heavy atom. The molecule has 3 amide bonds. The van der Waals surface area contributed by atoms with Crippen LogP contribution in [0.3, 0.4) is 0 Å². The Morgan fingerprint density at radius 1 is 0.964 bits per heavy atom. The average molecular weight is 389 g/mol. The van der Waals surface area contributed by atoms with Crippen LogP contribution in [0.25, 0.3) is 6.08 Å². The van der Waals surface area contributed by atoms with Crippen molar-refractivity contribution in [1.29, 1.82) is 0 Å². The zero-order valence-corrected chi connectivity index (χ0v) is 17.1. The van der Waals surface area contributed by atoms with Gasteiger partial charge in [0.05, 0.1) is 14.2 Å². The van der Waals surface area contributed by atoms with Gasteiger partial charge in [0.1, 0.15) is 0 Å². The molecule has 1 rings (SSSR count). The fourth-order valence-corrected chi connectivity index (χ4v) is 2.26. The van der Waals surface area contributed by atoms with Crippen molar-refractivity contribution in [3.05, 3.63) is 41.5 Å². The number of ether oxygens (including phenoxy) is 2. The van der Waals surface area contributed by atoms with Gasteiger partial charge in [-0.1, -0.05) is 17.7 Å². The average Bonchev–Trinajstić information content (AvgIpc) is 2.68. The highest BCUT2D eigenvalue weighted by Gasteiger charge is 2.03. The molecule has 0 aliphatic carbocycles. The predicted molar refractivity (Wildman–Crippen MR) is 112 cm³/mol. The highest BCUT2D eigenvalue weighted by Crippen LogP contribution is 2.27. The van der Waals surface area contributed by atoms with E-state index in [1.807, 2.05) is 26.0 Å². The summed E-state index contributed by atoms with van der Waals surface area (Å²) in [5, 5.41) is 8.35. The molecule has 0 spiro atoms. The molecule has 0 fully saturated rings. The van der Waals surface area contributed by atoms with Gasteiger partial charge in [-0.3, -0.25) is 4.79 Å². The van der Waals surface area contributed by atoms with Gasteiger partial charge in [0.25, 0.3) is 0 Å². The van der Waals surface area contributed by atoms with Crippen molar-refractivity contribution in [2.75, 3.05) is 33.9 Å². The van der Waals surface area contributed by atoms with E-state index < -0.39 is 0 Å². The van der Waals surface area contributed by atoms with Gasteiger partial charge in [-0.15, -0.1) is 0 Å². The summed E-state index contributed by atoms with van der Waals surface area (Å²) in [6.07, 6.45) is 6.72. The lowest BCUT2D eigenvalue weighted by atomic mass is 10.2. The Kier molecular flexibility index (Phi) is 10.9. The number of rotatable bonds is 11. The lowest BCUT2D eigenvalue weighted by molar-refractivity contribution is -0.116. The first-order valence-electron chi connectivity index (χ1n) is 9.29. The standard InChI is InChI=1S/C21H31N3O4/c1-16(2)11-14-24-21(26)23-13-6-5-12-22-20(25)10-8-17-7-9-18(27-3)19(15-17)28-4/h7-11,15H,5-6,12-14H2,1-4H3,(H,22,25)(H2,23,24,26)/b10-8+. The highest BCUT2D eigenvalue weighted by atomic mass is 16.5. The number of urea groups is 1.